The van der Waals surface area contributed by atoms with Crippen molar-refractivity contribution in [3.63, 3.8) is 0 Å². The van der Waals surface area contributed by atoms with Gasteiger partial charge in [-0.1, -0.05) is 20.8 Å². The molecule has 22 heavy (non-hydrogen) atoms. The lowest BCUT2D eigenvalue weighted by Gasteiger charge is -2.17. The molecule has 0 spiro atoms. The Bertz CT molecular complexity index is 591. The van der Waals surface area contributed by atoms with Crippen LogP contribution in [0.4, 0.5) is 11.4 Å². The first kappa shape index (κ1) is 17.6. The number of carbonyl (C=O) groups excluding carboxylic acids is 2. The second-order valence-electron chi connectivity index (χ2n) is 5.98. The first-order chi connectivity index (χ1) is 10.1. The highest BCUT2D eigenvalue weighted by molar-refractivity contribution is 5.99. The van der Waals surface area contributed by atoms with Gasteiger partial charge in [0, 0.05) is 30.3 Å². The molecule has 0 aliphatic rings. The monoisotopic (exact) mass is 307 g/mol. The van der Waals surface area contributed by atoms with Crippen LogP contribution in [-0.4, -0.2) is 29.7 Å². The van der Waals surface area contributed by atoms with Gasteiger partial charge in [0.2, 0.25) is 5.91 Å². The van der Waals surface area contributed by atoms with Crippen molar-refractivity contribution in [3.05, 3.63) is 33.9 Å². The van der Waals surface area contributed by atoms with Crippen molar-refractivity contribution in [1.29, 1.82) is 0 Å². The third kappa shape index (κ3) is 4.83. The number of carbonyl (C=O) groups is 2. The SMILES string of the molecule is CC(=O)c1cc(NCCNC(=O)C(C)(C)C)ccc1[N+](=O)[O-]. The van der Waals surface area contributed by atoms with Crippen LogP contribution < -0.4 is 10.6 Å². The van der Waals surface area contributed by atoms with Crippen LogP contribution in [0, 0.1) is 15.5 Å². The molecule has 7 nitrogen and oxygen atoms in total. The van der Waals surface area contributed by atoms with Gasteiger partial charge in [-0.2, -0.15) is 0 Å². The molecule has 0 aliphatic carbocycles. The number of ketones is 1. The number of amides is 1. The minimum atomic E-state index is -0.579. The molecule has 0 atom stereocenters. The predicted molar refractivity (Wildman–Crippen MR) is 84.1 cm³/mol. The van der Waals surface area contributed by atoms with Crippen LogP contribution in [0.5, 0.6) is 0 Å². The molecule has 0 saturated heterocycles. The number of Topliss-reactive ketones (excluding diaryl/α,β-unsaturated/α-hetero) is 1. The predicted octanol–water partition coefficient (Wildman–Crippen LogP) is 2.37. The molecule has 0 saturated carbocycles. The summed E-state index contributed by atoms with van der Waals surface area (Å²) < 4.78 is 0. The van der Waals surface area contributed by atoms with Gasteiger partial charge >= 0.3 is 0 Å². The summed E-state index contributed by atoms with van der Waals surface area (Å²) in [4.78, 5) is 33.4. The van der Waals surface area contributed by atoms with E-state index in [0.29, 0.717) is 18.8 Å². The van der Waals surface area contributed by atoms with Crippen LogP contribution in [0.1, 0.15) is 38.1 Å². The van der Waals surface area contributed by atoms with E-state index in [1.165, 1.54) is 25.1 Å². The van der Waals surface area contributed by atoms with Crippen LogP contribution in [0.3, 0.4) is 0 Å². The molecule has 1 aromatic carbocycles. The summed E-state index contributed by atoms with van der Waals surface area (Å²) in [5.74, 6) is -0.418. The summed E-state index contributed by atoms with van der Waals surface area (Å²) in [5.41, 5.74) is 0.00318. The standard InChI is InChI=1S/C15H21N3O4/c1-10(19)12-9-11(5-6-13(12)18(21)22)16-7-8-17-14(20)15(2,3)4/h5-6,9,16H,7-8H2,1-4H3,(H,17,20). The number of nitro groups is 1. The van der Waals surface area contributed by atoms with Crippen LogP contribution >= 0.6 is 0 Å². The number of hydrogen-bond acceptors (Lipinski definition) is 5. The molecular formula is C15H21N3O4. The van der Waals surface area contributed by atoms with Crippen molar-refractivity contribution in [2.75, 3.05) is 18.4 Å². The Labute approximate surface area is 129 Å². The molecule has 0 bridgehead atoms. The van der Waals surface area contributed by atoms with Crippen LogP contribution in [0.15, 0.2) is 18.2 Å². The highest BCUT2D eigenvalue weighted by Gasteiger charge is 2.20. The Balaban J connectivity index is 2.64. The summed E-state index contributed by atoms with van der Waals surface area (Å²) in [6.07, 6.45) is 0. The van der Waals surface area contributed by atoms with Gasteiger partial charge < -0.3 is 10.6 Å². The van der Waals surface area contributed by atoms with E-state index in [2.05, 4.69) is 10.6 Å². The molecule has 0 fully saturated rings. The molecule has 1 amide bonds. The first-order valence-corrected chi connectivity index (χ1v) is 6.94. The van der Waals surface area contributed by atoms with Crippen LogP contribution in [0.25, 0.3) is 0 Å². The summed E-state index contributed by atoms with van der Waals surface area (Å²) in [6.45, 7) is 7.64. The van der Waals surface area contributed by atoms with E-state index in [1.807, 2.05) is 20.8 Å². The maximum absolute atomic E-state index is 11.7. The van der Waals surface area contributed by atoms with Crippen molar-refractivity contribution in [2.24, 2.45) is 5.41 Å². The maximum Gasteiger partial charge on any atom is 0.280 e. The quantitative estimate of drug-likeness (QED) is 0.363. The molecule has 0 aliphatic heterocycles. The maximum atomic E-state index is 11.7. The number of benzene rings is 1. The van der Waals surface area contributed by atoms with E-state index < -0.39 is 10.3 Å². The number of rotatable bonds is 6. The average Bonchev–Trinajstić information content (AvgIpc) is 2.41. The lowest BCUT2D eigenvalue weighted by Crippen LogP contribution is -2.37. The zero-order chi connectivity index (χ0) is 16.9. The fourth-order valence-corrected chi connectivity index (χ4v) is 1.74. The van der Waals surface area contributed by atoms with E-state index in [4.69, 9.17) is 0 Å². The second-order valence-corrected chi connectivity index (χ2v) is 5.98. The Morgan fingerprint density at radius 2 is 1.86 bits per heavy atom. The van der Waals surface area contributed by atoms with Gasteiger partial charge in [0.15, 0.2) is 5.78 Å². The summed E-state index contributed by atoms with van der Waals surface area (Å²) in [6, 6.07) is 4.29. The Hall–Kier alpha value is -2.44. The molecule has 2 N–H and O–H groups in total. The molecule has 0 aromatic heterocycles. The van der Waals surface area contributed by atoms with Gasteiger partial charge in [-0.3, -0.25) is 19.7 Å². The first-order valence-electron chi connectivity index (χ1n) is 6.94. The van der Waals surface area contributed by atoms with Gasteiger partial charge in [-0.15, -0.1) is 0 Å². The number of nitrogens with zero attached hydrogens (tertiary/aromatic N) is 1. The second kappa shape index (κ2) is 7.02. The number of nitrogens with one attached hydrogen (secondary N) is 2. The van der Waals surface area contributed by atoms with Crippen molar-refractivity contribution in [1.82, 2.24) is 5.32 Å². The number of hydrogen-bond donors (Lipinski definition) is 2. The molecular weight excluding hydrogens is 286 g/mol. The summed E-state index contributed by atoms with van der Waals surface area (Å²) in [5, 5.41) is 16.7. The Morgan fingerprint density at radius 3 is 2.36 bits per heavy atom. The normalized spacial score (nSPS) is 10.9. The van der Waals surface area contributed by atoms with E-state index in [9.17, 15) is 19.7 Å². The largest absolute Gasteiger partial charge is 0.383 e. The molecule has 1 aromatic rings. The highest BCUT2D eigenvalue weighted by Crippen LogP contribution is 2.23. The van der Waals surface area contributed by atoms with Crippen LogP contribution in [-0.2, 0) is 4.79 Å². The highest BCUT2D eigenvalue weighted by atomic mass is 16.6. The van der Waals surface area contributed by atoms with E-state index in [-0.39, 0.29) is 22.9 Å². The van der Waals surface area contributed by atoms with Gasteiger partial charge in [0.25, 0.3) is 5.69 Å². The lowest BCUT2D eigenvalue weighted by atomic mass is 9.96. The fraction of sp³-hybridized carbons (Fsp3) is 0.467. The molecule has 0 heterocycles. The fourth-order valence-electron chi connectivity index (χ4n) is 1.74. The average molecular weight is 307 g/mol. The van der Waals surface area contributed by atoms with E-state index in [0.717, 1.165) is 0 Å². The minimum Gasteiger partial charge on any atom is -0.383 e. The van der Waals surface area contributed by atoms with Crippen LogP contribution in [0.2, 0.25) is 0 Å². The number of nitro benzene ring substituents is 1. The van der Waals surface area contributed by atoms with Gasteiger partial charge in [0.1, 0.15) is 0 Å². The minimum absolute atomic E-state index is 0.0533. The molecule has 0 unspecified atom stereocenters. The van der Waals surface area contributed by atoms with Gasteiger partial charge in [-0.25, -0.2) is 0 Å². The van der Waals surface area contributed by atoms with Gasteiger partial charge in [-0.05, 0) is 19.1 Å². The zero-order valence-corrected chi connectivity index (χ0v) is 13.2. The summed E-state index contributed by atoms with van der Waals surface area (Å²) >= 11 is 0. The van der Waals surface area contributed by atoms with Crippen molar-refractivity contribution < 1.29 is 14.5 Å². The van der Waals surface area contributed by atoms with E-state index in [1.54, 1.807) is 0 Å². The van der Waals surface area contributed by atoms with Crippen molar-refractivity contribution in [2.45, 2.75) is 27.7 Å². The van der Waals surface area contributed by atoms with E-state index >= 15 is 0 Å². The molecule has 1 rings (SSSR count). The molecule has 0 radical (unpaired) electrons. The van der Waals surface area contributed by atoms with Crippen molar-refractivity contribution in [3.8, 4) is 0 Å². The Kier molecular flexibility index (Phi) is 5.62. The summed E-state index contributed by atoms with van der Waals surface area (Å²) in [7, 11) is 0. The van der Waals surface area contributed by atoms with Gasteiger partial charge in [0.05, 0.1) is 10.5 Å². The third-order valence-electron chi connectivity index (χ3n) is 2.99. The smallest absolute Gasteiger partial charge is 0.280 e. The molecule has 120 valence electrons. The number of anilines is 1. The Morgan fingerprint density at radius 1 is 1.23 bits per heavy atom. The zero-order valence-electron chi connectivity index (χ0n) is 13.2. The van der Waals surface area contributed by atoms with Crippen molar-refractivity contribution >= 4 is 23.1 Å². The third-order valence-corrected chi connectivity index (χ3v) is 2.99. The lowest BCUT2D eigenvalue weighted by molar-refractivity contribution is -0.385. The topological polar surface area (TPSA) is 101 Å². The molecule has 7 heteroatoms.